The van der Waals surface area contributed by atoms with Gasteiger partial charge in [-0.1, -0.05) is 58.3 Å². The lowest BCUT2D eigenvalue weighted by atomic mass is 9.98. The van der Waals surface area contributed by atoms with Crippen LogP contribution in [0.4, 0.5) is 14.6 Å². The Hall–Kier alpha value is -3.29. The van der Waals surface area contributed by atoms with Crippen LogP contribution in [0.3, 0.4) is 0 Å². The van der Waals surface area contributed by atoms with Gasteiger partial charge >= 0.3 is 17.6 Å². The number of pyridine rings is 1. The van der Waals surface area contributed by atoms with Crippen molar-refractivity contribution in [1.29, 1.82) is 0 Å². The van der Waals surface area contributed by atoms with E-state index in [1.165, 1.54) is 37.9 Å². The smallest absolute Gasteiger partial charge is 0.354 e. The van der Waals surface area contributed by atoms with Crippen molar-refractivity contribution in [2.75, 3.05) is 11.9 Å². The van der Waals surface area contributed by atoms with E-state index in [2.05, 4.69) is 22.2 Å². The van der Waals surface area contributed by atoms with E-state index in [-0.39, 0.29) is 22.6 Å². The molecule has 2 aromatic rings. The van der Waals surface area contributed by atoms with Crippen molar-refractivity contribution in [3.8, 4) is 0 Å². The van der Waals surface area contributed by atoms with Gasteiger partial charge in [0.15, 0.2) is 11.8 Å². The first-order valence-electron chi connectivity index (χ1n) is 13.6. The Balaban J connectivity index is 1.69. The Bertz CT molecular complexity index is 1220. The Labute approximate surface area is 230 Å². The zero-order chi connectivity index (χ0) is 29.3. The molecule has 1 saturated heterocycles. The fourth-order valence-corrected chi connectivity index (χ4v) is 4.72. The lowest BCUT2D eigenvalue weighted by Gasteiger charge is -2.21. The van der Waals surface area contributed by atoms with Crippen LogP contribution in [0.15, 0.2) is 29.3 Å². The summed E-state index contributed by atoms with van der Waals surface area (Å²) in [6.45, 7) is 1.29. The van der Waals surface area contributed by atoms with Gasteiger partial charge in [0.1, 0.15) is 11.9 Å². The number of rotatable bonds is 15. The molecule has 1 aliphatic rings. The fourth-order valence-electron chi connectivity index (χ4n) is 4.72. The van der Waals surface area contributed by atoms with Gasteiger partial charge in [-0.15, -0.1) is 0 Å². The van der Waals surface area contributed by atoms with Gasteiger partial charge in [0, 0.05) is 18.0 Å². The van der Waals surface area contributed by atoms with Crippen molar-refractivity contribution in [2.45, 2.75) is 95.5 Å². The summed E-state index contributed by atoms with van der Waals surface area (Å²) in [5.41, 5.74) is -1.12. The second kappa shape index (κ2) is 14.4. The average Bonchev–Trinajstić information content (AvgIpc) is 3.15. The molecule has 0 aliphatic carbocycles. The first-order valence-corrected chi connectivity index (χ1v) is 13.6. The minimum absolute atomic E-state index is 0.0533. The number of anilines is 1. The first kappa shape index (κ1) is 31.2. The third kappa shape index (κ3) is 7.46. The molecule has 1 fully saturated rings. The van der Waals surface area contributed by atoms with Gasteiger partial charge in [-0.25, -0.2) is 14.6 Å². The van der Waals surface area contributed by atoms with Gasteiger partial charge in [0.25, 0.3) is 5.91 Å². The highest BCUT2D eigenvalue weighted by Crippen LogP contribution is 2.42. The zero-order valence-electron chi connectivity index (χ0n) is 22.4. The highest BCUT2D eigenvalue weighted by atomic mass is 19.3. The number of hydrogen-bond donors (Lipinski definition) is 4. The molecule has 0 spiro atoms. The molecule has 0 radical (unpaired) electrons. The topological polar surface area (TPSA) is 164 Å². The summed E-state index contributed by atoms with van der Waals surface area (Å²) in [5, 5.41) is 30.9. The van der Waals surface area contributed by atoms with E-state index < -0.39 is 48.5 Å². The molecule has 3 atom stereocenters. The Morgan fingerprint density at radius 3 is 2.33 bits per heavy atom. The first-order chi connectivity index (χ1) is 19.1. The third-order valence-electron chi connectivity index (χ3n) is 6.92. The number of aromatic carboxylic acids is 1. The van der Waals surface area contributed by atoms with Crippen molar-refractivity contribution in [3.63, 3.8) is 0 Å². The molecular weight excluding hydrogens is 530 g/mol. The molecule has 2 aromatic heterocycles. The van der Waals surface area contributed by atoms with Gasteiger partial charge in [0.05, 0.1) is 6.61 Å². The Morgan fingerprint density at radius 2 is 1.75 bits per heavy atom. The number of carboxylic acid groups (broad SMARTS) is 1. The van der Waals surface area contributed by atoms with Crippen LogP contribution in [0.1, 0.15) is 97.3 Å². The number of carboxylic acids is 1. The Kier molecular flexibility index (Phi) is 11.2. The van der Waals surface area contributed by atoms with Crippen molar-refractivity contribution >= 4 is 17.7 Å². The second-order valence-electron chi connectivity index (χ2n) is 9.85. The molecule has 40 heavy (non-hydrogen) atoms. The van der Waals surface area contributed by atoms with E-state index in [9.17, 15) is 33.4 Å². The van der Waals surface area contributed by atoms with Crippen LogP contribution in [0.5, 0.6) is 0 Å². The predicted octanol–water partition coefficient (Wildman–Crippen LogP) is 3.55. The minimum atomic E-state index is -3.88. The van der Waals surface area contributed by atoms with E-state index in [0.29, 0.717) is 17.4 Å². The lowest BCUT2D eigenvalue weighted by Crippen LogP contribution is -2.41. The number of halogens is 2. The molecule has 3 rings (SSSR count). The normalized spacial score (nSPS) is 20.0. The molecule has 0 unspecified atom stereocenters. The molecule has 220 valence electrons. The number of aromatic nitrogens is 3. The maximum Gasteiger partial charge on any atom is 0.354 e. The van der Waals surface area contributed by atoms with E-state index in [4.69, 9.17) is 9.84 Å². The van der Waals surface area contributed by atoms with E-state index in [1.54, 1.807) is 0 Å². The third-order valence-corrected chi connectivity index (χ3v) is 6.92. The number of aliphatic hydroxyl groups is 2. The molecule has 0 bridgehead atoms. The van der Waals surface area contributed by atoms with Crippen LogP contribution >= 0.6 is 0 Å². The van der Waals surface area contributed by atoms with E-state index in [1.807, 2.05) is 0 Å². The number of hydrogen-bond acceptors (Lipinski definition) is 8. The molecule has 1 aliphatic heterocycles. The summed E-state index contributed by atoms with van der Waals surface area (Å²) in [4.78, 5) is 44.9. The van der Waals surface area contributed by atoms with Crippen LogP contribution in [-0.2, 0) is 11.2 Å². The SMILES string of the molecule is CCCCCCCCCCCc1c(C(=O)Nc2ccn([C@@H]3O[C@H](CO)[C@@H](O)C3(F)F)c(=O)n2)ccnc1C(=O)O. The maximum atomic E-state index is 14.4. The predicted molar refractivity (Wildman–Crippen MR) is 141 cm³/mol. The van der Waals surface area contributed by atoms with E-state index >= 15 is 0 Å². The molecule has 13 heteroatoms. The molecule has 4 N–H and O–H groups in total. The average molecular weight is 567 g/mol. The number of carbonyl (C=O) groups is 2. The number of nitrogens with one attached hydrogen (secondary N) is 1. The number of alkyl halides is 2. The van der Waals surface area contributed by atoms with Gasteiger partial charge in [0.2, 0.25) is 6.23 Å². The fraction of sp³-hybridized carbons (Fsp3) is 0.593. The van der Waals surface area contributed by atoms with Gasteiger partial charge in [-0.05, 0) is 30.5 Å². The molecule has 0 aromatic carbocycles. The molecule has 11 nitrogen and oxygen atoms in total. The maximum absolute atomic E-state index is 14.4. The van der Waals surface area contributed by atoms with Gasteiger partial charge in [-0.2, -0.15) is 13.8 Å². The molecule has 0 saturated carbocycles. The number of carbonyl (C=O) groups excluding carboxylic acids is 1. The largest absolute Gasteiger partial charge is 0.477 e. The quantitative estimate of drug-likeness (QED) is 0.236. The van der Waals surface area contributed by atoms with E-state index in [0.717, 1.165) is 37.9 Å². The lowest BCUT2D eigenvalue weighted by molar-refractivity contribution is -0.140. The summed E-state index contributed by atoms with van der Waals surface area (Å²) < 4.78 is 34.3. The monoisotopic (exact) mass is 566 g/mol. The number of aliphatic hydroxyl groups excluding tert-OH is 2. The molecule has 3 heterocycles. The summed E-state index contributed by atoms with van der Waals surface area (Å²) in [6.07, 6.45) is 5.93. The number of amides is 1. The van der Waals surface area contributed by atoms with Gasteiger partial charge in [-0.3, -0.25) is 9.36 Å². The van der Waals surface area contributed by atoms with Crippen LogP contribution in [-0.4, -0.2) is 66.5 Å². The highest BCUT2D eigenvalue weighted by Gasteiger charge is 2.59. The summed E-state index contributed by atoms with van der Waals surface area (Å²) in [6, 6.07) is 2.46. The molecule has 1 amide bonds. The van der Waals surface area contributed by atoms with Crippen molar-refractivity contribution in [3.05, 3.63) is 51.8 Å². The minimum Gasteiger partial charge on any atom is -0.477 e. The van der Waals surface area contributed by atoms with Crippen molar-refractivity contribution in [1.82, 2.24) is 14.5 Å². The number of nitrogens with zero attached hydrogens (tertiary/aromatic N) is 3. The van der Waals surface area contributed by atoms with Gasteiger partial charge < -0.3 is 25.4 Å². The van der Waals surface area contributed by atoms with Crippen LogP contribution < -0.4 is 11.0 Å². The second-order valence-corrected chi connectivity index (χ2v) is 9.85. The number of unbranched alkanes of at least 4 members (excludes halogenated alkanes) is 8. The van der Waals surface area contributed by atoms with Crippen molar-refractivity contribution in [2.24, 2.45) is 0 Å². The standard InChI is InChI=1S/C27H36F2N4O7/c1-2-3-4-5-6-7-8-9-10-11-17-18(12-14-30-21(17)24(37)38)23(36)31-20-13-15-33(26(39)32-20)25-27(28,29)22(35)19(16-34)40-25/h12-15,19,22,25,34-35H,2-11,16H2,1H3,(H,37,38)(H,31,32,36,39)/t19-,22-,25-/m1/s1. The molecular formula is C27H36F2N4O7. The summed E-state index contributed by atoms with van der Waals surface area (Å²) in [5.74, 6) is -6.15. The number of ether oxygens (including phenoxy) is 1. The van der Waals surface area contributed by atoms with Crippen LogP contribution in [0, 0.1) is 0 Å². The highest BCUT2D eigenvalue weighted by molar-refractivity contribution is 6.06. The van der Waals surface area contributed by atoms with Crippen molar-refractivity contribution < 1.29 is 38.4 Å². The summed E-state index contributed by atoms with van der Waals surface area (Å²) >= 11 is 0. The van der Waals surface area contributed by atoms with Crippen LogP contribution in [0.2, 0.25) is 0 Å². The summed E-state index contributed by atoms with van der Waals surface area (Å²) in [7, 11) is 0. The van der Waals surface area contributed by atoms with Crippen LogP contribution in [0.25, 0.3) is 0 Å². The zero-order valence-corrected chi connectivity index (χ0v) is 22.4. The Morgan fingerprint density at radius 1 is 1.10 bits per heavy atom.